The summed E-state index contributed by atoms with van der Waals surface area (Å²) in [6.45, 7) is 5.28. The monoisotopic (exact) mass is 405 g/mol. The van der Waals surface area contributed by atoms with Gasteiger partial charge in [0.15, 0.2) is 0 Å². The van der Waals surface area contributed by atoms with E-state index < -0.39 is 18.5 Å². The standard InChI is InChI=1S/C22H26F3N3O/c1-3-27(4-2)21(29)15-10-17-16-6-5-7-18-20(16)14(12-26-18)11-19(17)28(13-15)9-8-22(23,24)25/h5-7,10,12,15,19,26H,3-4,8-9,11,13H2,1-2H3. The molecular formula is C22H26F3N3O. The van der Waals surface area contributed by atoms with Gasteiger partial charge in [-0.15, -0.1) is 0 Å². The van der Waals surface area contributed by atoms with E-state index in [0.29, 0.717) is 26.1 Å². The van der Waals surface area contributed by atoms with Gasteiger partial charge in [0.1, 0.15) is 0 Å². The zero-order valence-corrected chi connectivity index (χ0v) is 16.7. The number of rotatable bonds is 5. The number of fused-ring (bicyclic) bond motifs is 2. The lowest BCUT2D eigenvalue weighted by atomic mass is 9.79. The SMILES string of the molecule is CCN(CC)C(=O)C1C=C2c3cccc4[nH]cc(c34)CC2N(CCC(F)(F)F)C1. The molecule has 0 saturated carbocycles. The van der Waals surface area contributed by atoms with Crippen molar-refractivity contribution in [2.45, 2.75) is 38.9 Å². The molecule has 4 rings (SSSR count). The number of hydrogen-bond donors (Lipinski definition) is 1. The fourth-order valence-corrected chi connectivity index (χ4v) is 4.77. The molecule has 2 aromatic rings. The van der Waals surface area contributed by atoms with Gasteiger partial charge in [-0.2, -0.15) is 13.2 Å². The summed E-state index contributed by atoms with van der Waals surface area (Å²) in [5, 5.41) is 1.13. The third-order valence-corrected chi connectivity index (χ3v) is 6.20. The van der Waals surface area contributed by atoms with Gasteiger partial charge >= 0.3 is 6.18 Å². The second kappa shape index (κ2) is 7.52. The number of hydrogen-bond acceptors (Lipinski definition) is 2. The maximum Gasteiger partial charge on any atom is 0.390 e. The van der Waals surface area contributed by atoms with Crippen molar-refractivity contribution in [3.8, 4) is 0 Å². The average Bonchev–Trinajstić information content (AvgIpc) is 3.11. The number of H-pyrrole nitrogens is 1. The lowest BCUT2D eigenvalue weighted by molar-refractivity contribution is -0.140. The van der Waals surface area contributed by atoms with Crippen molar-refractivity contribution in [2.24, 2.45) is 5.92 Å². The molecule has 0 spiro atoms. The topological polar surface area (TPSA) is 39.3 Å². The first-order valence-corrected chi connectivity index (χ1v) is 10.2. The number of aromatic nitrogens is 1. The van der Waals surface area contributed by atoms with Crippen molar-refractivity contribution in [1.29, 1.82) is 0 Å². The minimum absolute atomic E-state index is 0.00926. The Balaban J connectivity index is 1.75. The molecule has 1 aliphatic heterocycles. The van der Waals surface area contributed by atoms with Crippen LogP contribution in [0.4, 0.5) is 13.2 Å². The molecule has 1 amide bonds. The summed E-state index contributed by atoms with van der Waals surface area (Å²) in [6.07, 6.45) is -0.451. The van der Waals surface area contributed by atoms with Gasteiger partial charge in [0.2, 0.25) is 5.91 Å². The maximum absolute atomic E-state index is 13.0. The van der Waals surface area contributed by atoms with Crippen LogP contribution >= 0.6 is 0 Å². The molecule has 2 unspecified atom stereocenters. The van der Waals surface area contributed by atoms with Gasteiger partial charge in [-0.05, 0) is 43.0 Å². The minimum Gasteiger partial charge on any atom is -0.361 e. The second-order valence-electron chi connectivity index (χ2n) is 7.86. The summed E-state index contributed by atoms with van der Waals surface area (Å²) >= 11 is 0. The Kier molecular flexibility index (Phi) is 5.19. The molecule has 0 fully saturated rings. The van der Waals surface area contributed by atoms with E-state index in [0.717, 1.165) is 27.6 Å². The van der Waals surface area contributed by atoms with Gasteiger partial charge in [-0.25, -0.2) is 0 Å². The summed E-state index contributed by atoms with van der Waals surface area (Å²) in [5.41, 5.74) is 4.17. The molecule has 2 heterocycles. The van der Waals surface area contributed by atoms with Crippen LogP contribution in [0.1, 0.15) is 31.4 Å². The van der Waals surface area contributed by atoms with Crippen LogP contribution in [0.15, 0.2) is 30.5 Å². The van der Waals surface area contributed by atoms with Crippen LogP contribution < -0.4 is 0 Å². The molecule has 4 nitrogen and oxygen atoms in total. The number of carbonyl (C=O) groups is 1. The smallest absolute Gasteiger partial charge is 0.361 e. The van der Waals surface area contributed by atoms with Crippen LogP contribution in [0.3, 0.4) is 0 Å². The van der Waals surface area contributed by atoms with Crippen molar-refractivity contribution in [2.75, 3.05) is 26.2 Å². The summed E-state index contributed by atoms with van der Waals surface area (Å²) in [6, 6.07) is 5.85. The first-order valence-electron chi connectivity index (χ1n) is 10.2. The van der Waals surface area contributed by atoms with Crippen molar-refractivity contribution >= 4 is 22.4 Å². The average molecular weight is 405 g/mol. The Morgan fingerprint density at radius 3 is 2.72 bits per heavy atom. The van der Waals surface area contributed by atoms with Crippen molar-refractivity contribution < 1.29 is 18.0 Å². The fourth-order valence-electron chi connectivity index (χ4n) is 4.77. The van der Waals surface area contributed by atoms with E-state index in [4.69, 9.17) is 0 Å². The summed E-state index contributed by atoms with van der Waals surface area (Å²) in [4.78, 5) is 19.9. The third-order valence-electron chi connectivity index (χ3n) is 6.20. The normalized spacial score (nSPS) is 21.8. The number of alkyl halides is 3. The van der Waals surface area contributed by atoms with E-state index in [1.54, 1.807) is 4.90 Å². The number of aromatic amines is 1. The highest BCUT2D eigenvalue weighted by Gasteiger charge is 2.39. The Hall–Kier alpha value is -2.28. The predicted octanol–water partition coefficient (Wildman–Crippen LogP) is 4.23. The quantitative estimate of drug-likeness (QED) is 0.809. The van der Waals surface area contributed by atoms with E-state index in [-0.39, 0.29) is 18.5 Å². The van der Waals surface area contributed by atoms with Crippen molar-refractivity contribution in [3.05, 3.63) is 41.6 Å². The third kappa shape index (κ3) is 3.68. The van der Waals surface area contributed by atoms with Crippen LogP contribution in [-0.2, 0) is 11.2 Å². The van der Waals surface area contributed by atoms with E-state index in [1.807, 2.05) is 49.2 Å². The molecule has 1 aliphatic carbocycles. The molecule has 0 radical (unpaired) electrons. The molecule has 0 bridgehead atoms. The first-order chi connectivity index (χ1) is 13.8. The highest BCUT2D eigenvalue weighted by Crippen LogP contribution is 2.41. The van der Waals surface area contributed by atoms with E-state index >= 15 is 0 Å². The Morgan fingerprint density at radius 2 is 2.03 bits per heavy atom. The van der Waals surface area contributed by atoms with Crippen LogP contribution in [0.2, 0.25) is 0 Å². The molecule has 0 saturated heterocycles. The number of nitrogens with one attached hydrogen (secondary N) is 1. The lowest BCUT2D eigenvalue weighted by Gasteiger charge is -2.42. The summed E-state index contributed by atoms with van der Waals surface area (Å²) in [5.74, 6) is -0.435. The van der Waals surface area contributed by atoms with E-state index in [1.165, 1.54) is 0 Å². The molecule has 156 valence electrons. The van der Waals surface area contributed by atoms with Crippen molar-refractivity contribution in [1.82, 2.24) is 14.8 Å². The molecule has 29 heavy (non-hydrogen) atoms. The number of benzene rings is 1. The molecule has 1 aromatic heterocycles. The Morgan fingerprint density at radius 1 is 1.28 bits per heavy atom. The maximum atomic E-state index is 13.0. The van der Waals surface area contributed by atoms with E-state index in [9.17, 15) is 18.0 Å². The highest BCUT2D eigenvalue weighted by molar-refractivity contribution is 5.99. The van der Waals surface area contributed by atoms with Crippen LogP contribution in [0, 0.1) is 5.92 Å². The number of halogens is 3. The largest absolute Gasteiger partial charge is 0.390 e. The second-order valence-corrected chi connectivity index (χ2v) is 7.86. The summed E-state index contributed by atoms with van der Waals surface area (Å²) < 4.78 is 38.9. The van der Waals surface area contributed by atoms with Crippen LogP contribution in [0.25, 0.3) is 16.5 Å². The van der Waals surface area contributed by atoms with Gasteiger partial charge in [0.05, 0.1) is 12.3 Å². The fraction of sp³-hybridized carbons (Fsp3) is 0.500. The molecular weight excluding hydrogens is 379 g/mol. The van der Waals surface area contributed by atoms with Crippen LogP contribution in [-0.4, -0.2) is 59.1 Å². The van der Waals surface area contributed by atoms with Gasteiger partial charge in [0, 0.05) is 49.3 Å². The van der Waals surface area contributed by atoms with Gasteiger partial charge in [-0.1, -0.05) is 18.2 Å². The number of nitrogens with zero attached hydrogens (tertiary/aromatic N) is 2. The zero-order chi connectivity index (χ0) is 20.8. The molecule has 7 heteroatoms. The zero-order valence-electron chi connectivity index (χ0n) is 16.7. The van der Waals surface area contributed by atoms with Gasteiger partial charge < -0.3 is 9.88 Å². The summed E-state index contributed by atoms with van der Waals surface area (Å²) in [7, 11) is 0. The molecule has 2 aliphatic rings. The minimum atomic E-state index is -4.21. The predicted molar refractivity (Wildman–Crippen MR) is 107 cm³/mol. The first kappa shape index (κ1) is 20.0. The van der Waals surface area contributed by atoms with E-state index in [2.05, 4.69) is 4.98 Å². The molecule has 1 aromatic carbocycles. The molecule has 2 atom stereocenters. The number of amides is 1. The van der Waals surface area contributed by atoms with Gasteiger partial charge in [-0.3, -0.25) is 9.69 Å². The highest BCUT2D eigenvalue weighted by atomic mass is 19.4. The Labute approximate surface area is 168 Å². The van der Waals surface area contributed by atoms with Gasteiger partial charge in [0.25, 0.3) is 0 Å². The lowest BCUT2D eigenvalue weighted by Crippen LogP contribution is -2.50. The number of carbonyl (C=O) groups excluding carboxylic acids is 1. The molecule has 1 N–H and O–H groups in total. The van der Waals surface area contributed by atoms with Crippen molar-refractivity contribution in [3.63, 3.8) is 0 Å². The Bertz CT molecular complexity index is 942. The van der Waals surface area contributed by atoms with Crippen LogP contribution in [0.5, 0.6) is 0 Å².